The van der Waals surface area contributed by atoms with E-state index in [1.54, 1.807) is 49.4 Å². The highest BCUT2D eigenvalue weighted by atomic mass is 32.2. The topological polar surface area (TPSA) is 110 Å². The Morgan fingerprint density at radius 3 is 2.14 bits per heavy atom. The van der Waals surface area contributed by atoms with E-state index in [4.69, 9.17) is 0 Å². The summed E-state index contributed by atoms with van der Waals surface area (Å²) in [6.45, 7) is 1.54. The van der Waals surface area contributed by atoms with Crippen molar-refractivity contribution in [3.8, 4) is 0 Å². The third-order valence-electron chi connectivity index (χ3n) is 5.67. The van der Waals surface area contributed by atoms with Gasteiger partial charge in [0.25, 0.3) is 21.6 Å². The van der Waals surface area contributed by atoms with Crippen LogP contribution in [0.5, 0.6) is 0 Å². The number of nitro groups is 1. The molecule has 0 bridgehead atoms. The van der Waals surface area contributed by atoms with Crippen molar-refractivity contribution in [2.45, 2.75) is 18.4 Å². The summed E-state index contributed by atoms with van der Waals surface area (Å²) in [5.41, 5.74) is 1.47. The van der Waals surface area contributed by atoms with Crippen LogP contribution in [0.25, 0.3) is 0 Å². The van der Waals surface area contributed by atoms with Crippen molar-refractivity contribution >= 4 is 33.0 Å². The van der Waals surface area contributed by atoms with Crippen LogP contribution >= 0.6 is 0 Å². The molecule has 0 aliphatic rings. The number of carbonyl (C=O) groups excluding carboxylic acids is 1. The molecule has 0 saturated heterocycles. The first-order chi connectivity index (χ1) is 17.3. The molecule has 36 heavy (non-hydrogen) atoms. The molecule has 0 aliphatic carbocycles. The molecule has 0 heterocycles. The summed E-state index contributed by atoms with van der Waals surface area (Å²) in [6.07, 6.45) is 0. The summed E-state index contributed by atoms with van der Waals surface area (Å²) in [6, 6.07) is 27.9. The summed E-state index contributed by atoms with van der Waals surface area (Å²) < 4.78 is 28.7. The molecule has 9 heteroatoms. The van der Waals surface area contributed by atoms with Crippen LogP contribution in [0.1, 0.15) is 21.5 Å². The second-order valence-electron chi connectivity index (χ2n) is 7.99. The van der Waals surface area contributed by atoms with Gasteiger partial charge in [-0.1, -0.05) is 66.7 Å². The van der Waals surface area contributed by atoms with E-state index in [1.807, 2.05) is 30.3 Å². The van der Waals surface area contributed by atoms with E-state index in [9.17, 15) is 23.3 Å². The molecule has 0 aromatic heterocycles. The van der Waals surface area contributed by atoms with Gasteiger partial charge in [0.1, 0.15) is 0 Å². The van der Waals surface area contributed by atoms with Crippen molar-refractivity contribution in [2.24, 2.45) is 0 Å². The van der Waals surface area contributed by atoms with E-state index in [-0.39, 0.29) is 34.1 Å². The molecule has 0 atom stereocenters. The molecular formula is C27H23N3O5S. The van der Waals surface area contributed by atoms with Gasteiger partial charge in [-0.15, -0.1) is 0 Å². The van der Waals surface area contributed by atoms with Crippen LogP contribution in [0.4, 0.5) is 17.1 Å². The summed E-state index contributed by atoms with van der Waals surface area (Å²) in [5, 5.41) is 14.0. The maximum absolute atomic E-state index is 13.8. The lowest BCUT2D eigenvalue weighted by Crippen LogP contribution is -2.32. The van der Waals surface area contributed by atoms with Gasteiger partial charge in [0.15, 0.2) is 0 Å². The van der Waals surface area contributed by atoms with E-state index in [0.717, 1.165) is 5.56 Å². The van der Waals surface area contributed by atoms with Gasteiger partial charge in [0.05, 0.1) is 38.9 Å². The second-order valence-corrected chi connectivity index (χ2v) is 9.85. The molecule has 0 unspecified atom stereocenters. The zero-order valence-electron chi connectivity index (χ0n) is 19.4. The number of nitrogens with zero attached hydrogens (tertiary/aromatic N) is 2. The minimum atomic E-state index is -4.04. The minimum Gasteiger partial charge on any atom is -0.321 e. The number of anilines is 2. The quantitative estimate of drug-likeness (QED) is 0.251. The number of sulfonamides is 1. The number of nitrogens with one attached hydrogen (secondary N) is 1. The number of hydrogen-bond acceptors (Lipinski definition) is 5. The fourth-order valence-corrected chi connectivity index (χ4v) is 5.29. The Bertz CT molecular complexity index is 1510. The van der Waals surface area contributed by atoms with Crippen molar-refractivity contribution in [2.75, 3.05) is 9.62 Å². The highest BCUT2D eigenvalue weighted by Crippen LogP contribution is 2.31. The van der Waals surface area contributed by atoms with Crippen LogP contribution in [-0.2, 0) is 16.6 Å². The predicted octanol–water partition coefficient (Wildman–Crippen LogP) is 5.55. The molecule has 4 aromatic rings. The Labute approximate surface area is 209 Å². The number of para-hydroxylation sites is 1. The van der Waals surface area contributed by atoms with E-state index < -0.39 is 20.9 Å². The summed E-state index contributed by atoms with van der Waals surface area (Å²) >= 11 is 0. The van der Waals surface area contributed by atoms with Crippen LogP contribution in [0.15, 0.2) is 108 Å². The number of rotatable bonds is 8. The third kappa shape index (κ3) is 5.11. The molecule has 8 nitrogen and oxygen atoms in total. The van der Waals surface area contributed by atoms with E-state index in [2.05, 4.69) is 5.32 Å². The van der Waals surface area contributed by atoms with Crippen LogP contribution in [0.2, 0.25) is 0 Å². The fraction of sp³-hybridized carbons (Fsp3) is 0.0741. The maximum Gasteiger partial charge on any atom is 0.274 e. The normalized spacial score (nSPS) is 11.0. The summed E-state index contributed by atoms with van der Waals surface area (Å²) in [4.78, 5) is 24.3. The van der Waals surface area contributed by atoms with Crippen LogP contribution in [-0.4, -0.2) is 19.2 Å². The van der Waals surface area contributed by atoms with Gasteiger partial charge in [0.2, 0.25) is 0 Å². The van der Waals surface area contributed by atoms with Crippen LogP contribution < -0.4 is 9.62 Å². The first kappa shape index (κ1) is 24.6. The molecule has 182 valence electrons. The van der Waals surface area contributed by atoms with Gasteiger partial charge in [-0.3, -0.25) is 19.2 Å². The third-order valence-corrected chi connectivity index (χ3v) is 7.44. The number of benzene rings is 4. The largest absolute Gasteiger partial charge is 0.321 e. The lowest BCUT2D eigenvalue weighted by atomic mass is 10.1. The number of nitro benzene ring substituents is 1. The van der Waals surface area contributed by atoms with E-state index in [0.29, 0.717) is 5.56 Å². The van der Waals surface area contributed by atoms with Crippen molar-refractivity contribution in [3.63, 3.8) is 0 Å². The molecule has 1 N–H and O–H groups in total. The average molecular weight is 502 g/mol. The molecule has 0 saturated carbocycles. The van der Waals surface area contributed by atoms with Crippen LogP contribution in [0.3, 0.4) is 0 Å². The van der Waals surface area contributed by atoms with Gasteiger partial charge < -0.3 is 5.32 Å². The Balaban J connectivity index is 1.79. The van der Waals surface area contributed by atoms with Crippen molar-refractivity contribution in [1.29, 1.82) is 0 Å². The highest BCUT2D eigenvalue weighted by Gasteiger charge is 2.29. The Kier molecular flexibility index (Phi) is 7.12. The standard InChI is InChI=1S/C27H23N3O5S/c1-20-24(16-10-18-25(20)30(32)33)28-27(31)23-15-8-9-17-26(23)29(19-21-11-4-2-5-12-21)36(34,35)22-13-6-3-7-14-22/h2-18H,19H2,1H3,(H,28,31). The van der Waals surface area contributed by atoms with E-state index in [1.165, 1.54) is 34.6 Å². The zero-order chi connectivity index (χ0) is 25.7. The predicted molar refractivity (Wildman–Crippen MR) is 138 cm³/mol. The first-order valence-electron chi connectivity index (χ1n) is 11.0. The summed E-state index contributed by atoms with van der Waals surface area (Å²) in [7, 11) is -4.04. The lowest BCUT2D eigenvalue weighted by molar-refractivity contribution is -0.385. The molecule has 4 aromatic carbocycles. The highest BCUT2D eigenvalue weighted by molar-refractivity contribution is 7.92. The van der Waals surface area contributed by atoms with Gasteiger partial charge in [0, 0.05) is 6.07 Å². The van der Waals surface area contributed by atoms with Crippen LogP contribution in [0, 0.1) is 17.0 Å². The molecule has 0 fully saturated rings. The second kappa shape index (κ2) is 10.4. The molecule has 0 aliphatic heterocycles. The van der Waals surface area contributed by atoms with Crippen molar-refractivity contribution in [3.05, 3.63) is 130 Å². The van der Waals surface area contributed by atoms with Gasteiger partial charge in [-0.25, -0.2) is 8.42 Å². The Morgan fingerprint density at radius 1 is 0.861 bits per heavy atom. The maximum atomic E-state index is 13.8. The number of amides is 1. The molecule has 1 amide bonds. The van der Waals surface area contributed by atoms with Gasteiger partial charge >= 0.3 is 0 Å². The van der Waals surface area contributed by atoms with E-state index >= 15 is 0 Å². The smallest absolute Gasteiger partial charge is 0.274 e. The average Bonchev–Trinajstić information content (AvgIpc) is 2.89. The molecular weight excluding hydrogens is 478 g/mol. The Morgan fingerprint density at radius 2 is 1.47 bits per heavy atom. The van der Waals surface area contributed by atoms with Crippen molar-refractivity contribution < 1.29 is 18.1 Å². The zero-order valence-corrected chi connectivity index (χ0v) is 20.2. The van der Waals surface area contributed by atoms with Gasteiger partial charge in [-0.05, 0) is 42.8 Å². The van der Waals surface area contributed by atoms with Gasteiger partial charge in [-0.2, -0.15) is 0 Å². The SMILES string of the molecule is Cc1c(NC(=O)c2ccccc2N(Cc2ccccc2)S(=O)(=O)c2ccccc2)cccc1[N+](=O)[O-]. The molecule has 4 rings (SSSR count). The summed E-state index contributed by atoms with van der Waals surface area (Å²) in [5.74, 6) is -0.587. The molecule has 0 spiro atoms. The molecule has 0 radical (unpaired) electrons. The van der Waals surface area contributed by atoms with Crippen molar-refractivity contribution in [1.82, 2.24) is 0 Å². The monoisotopic (exact) mass is 501 g/mol. The first-order valence-corrected chi connectivity index (χ1v) is 12.5. The number of carbonyl (C=O) groups is 1. The lowest BCUT2D eigenvalue weighted by Gasteiger charge is -2.26. The number of hydrogen-bond donors (Lipinski definition) is 1. The fourth-order valence-electron chi connectivity index (χ4n) is 3.80. The Hall–Kier alpha value is -4.50. The minimum absolute atomic E-state index is 0.00179.